The van der Waals surface area contributed by atoms with Gasteiger partial charge in [0.15, 0.2) is 0 Å². The number of carboxylic acid groups (broad SMARTS) is 2. The summed E-state index contributed by atoms with van der Waals surface area (Å²) in [5, 5.41) is 17.2. The summed E-state index contributed by atoms with van der Waals surface area (Å²) >= 11 is 0. The molecule has 0 unspecified atom stereocenters. The number of carbonyl (C=O) groups is 2. The van der Waals surface area contributed by atoms with Gasteiger partial charge in [0.25, 0.3) is 0 Å². The van der Waals surface area contributed by atoms with Gasteiger partial charge in [-0.15, -0.1) is 0 Å². The summed E-state index contributed by atoms with van der Waals surface area (Å²) in [7, 11) is 0. The van der Waals surface area contributed by atoms with Crippen molar-refractivity contribution >= 4 is 11.9 Å². The molecule has 0 heterocycles. The molecular formula is C10H19NaO4. The van der Waals surface area contributed by atoms with Crippen LogP contribution in [0.25, 0.3) is 0 Å². The zero-order valence-corrected chi connectivity index (χ0v) is 11.9. The van der Waals surface area contributed by atoms with Crippen LogP contribution in [0.5, 0.6) is 0 Å². The van der Waals surface area contributed by atoms with Crippen molar-refractivity contribution < 1.29 is 49.4 Å². The smallest absolute Gasteiger partial charge is 0.550 e. The summed E-state index contributed by atoms with van der Waals surface area (Å²) in [4.78, 5) is 18.9. The molecule has 0 aliphatic heterocycles. The van der Waals surface area contributed by atoms with Gasteiger partial charge in [-0.05, 0) is 13.3 Å². The minimum absolute atomic E-state index is 0. The van der Waals surface area contributed by atoms with E-state index >= 15 is 0 Å². The topological polar surface area (TPSA) is 77.4 Å². The molecule has 0 amide bonds. The Hall–Kier alpha value is -0.0600. The quantitative estimate of drug-likeness (QED) is 0.428. The Labute approximate surface area is 113 Å². The van der Waals surface area contributed by atoms with E-state index in [4.69, 9.17) is 15.0 Å². The van der Waals surface area contributed by atoms with Crippen molar-refractivity contribution in [2.24, 2.45) is 0 Å². The average molecular weight is 226 g/mol. The van der Waals surface area contributed by atoms with Crippen molar-refractivity contribution in [3.05, 3.63) is 0 Å². The summed E-state index contributed by atoms with van der Waals surface area (Å²) in [5.74, 6) is -1.75. The maximum absolute atomic E-state index is 10.0. The van der Waals surface area contributed by atoms with E-state index in [0.29, 0.717) is 6.42 Å². The molecule has 0 aromatic rings. The molecule has 0 aliphatic rings. The van der Waals surface area contributed by atoms with Crippen molar-refractivity contribution in [2.75, 3.05) is 0 Å². The fraction of sp³-hybridized carbons (Fsp3) is 0.800. The first-order chi connectivity index (χ1) is 6.50. The first kappa shape index (κ1) is 20.4. The van der Waals surface area contributed by atoms with Crippen LogP contribution < -0.4 is 34.7 Å². The number of hydrogen-bond donors (Lipinski definition) is 1. The predicted molar refractivity (Wildman–Crippen MR) is 51.7 cm³/mol. The summed E-state index contributed by atoms with van der Waals surface area (Å²) in [6, 6.07) is 0. The largest absolute Gasteiger partial charge is 1.00 e. The number of carboxylic acids is 2. The van der Waals surface area contributed by atoms with Crippen LogP contribution in [0.1, 0.15) is 52.4 Å². The van der Waals surface area contributed by atoms with E-state index in [2.05, 4.69) is 6.92 Å². The molecule has 0 fully saturated rings. The van der Waals surface area contributed by atoms with Gasteiger partial charge in [-0.1, -0.05) is 32.6 Å². The van der Waals surface area contributed by atoms with Gasteiger partial charge in [-0.2, -0.15) is 0 Å². The van der Waals surface area contributed by atoms with Gasteiger partial charge in [0, 0.05) is 12.4 Å². The summed E-state index contributed by atoms with van der Waals surface area (Å²) < 4.78 is 0. The van der Waals surface area contributed by atoms with E-state index in [1.165, 1.54) is 19.3 Å². The molecular weight excluding hydrogens is 207 g/mol. The molecule has 4 nitrogen and oxygen atoms in total. The van der Waals surface area contributed by atoms with Crippen LogP contribution >= 0.6 is 0 Å². The number of unbranched alkanes of at least 4 members (excludes halogenated alkanes) is 4. The fourth-order valence-corrected chi connectivity index (χ4v) is 0.880. The summed E-state index contributed by atoms with van der Waals surface area (Å²) in [6.45, 7) is 3.12. The Morgan fingerprint density at radius 2 is 1.53 bits per heavy atom. The molecule has 84 valence electrons. The second kappa shape index (κ2) is 16.4. The zero-order valence-electron chi connectivity index (χ0n) is 9.91. The zero-order chi connectivity index (χ0) is 11.4. The Kier molecular flexibility index (Phi) is 22.2. The van der Waals surface area contributed by atoms with Gasteiger partial charge in [0.2, 0.25) is 0 Å². The number of rotatable bonds is 6. The molecule has 0 saturated heterocycles. The molecule has 0 aromatic heterocycles. The minimum atomic E-state index is -1.08. The maximum Gasteiger partial charge on any atom is 1.00 e. The minimum Gasteiger partial charge on any atom is -0.550 e. The average Bonchev–Trinajstić information content (AvgIpc) is 2.02. The number of carbonyl (C=O) groups excluding carboxylic acids is 1. The van der Waals surface area contributed by atoms with E-state index in [1.54, 1.807) is 0 Å². The molecule has 0 bridgehead atoms. The van der Waals surface area contributed by atoms with E-state index in [9.17, 15) is 4.79 Å². The molecule has 5 heteroatoms. The number of hydrogen-bond acceptors (Lipinski definition) is 3. The van der Waals surface area contributed by atoms with Gasteiger partial charge in [0.1, 0.15) is 0 Å². The predicted octanol–water partition coefficient (Wildman–Crippen LogP) is -1.81. The molecule has 0 aliphatic carbocycles. The first-order valence-electron chi connectivity index (χ1n) is 4.90. The van der Waals surface area contributed by atoms with Crippen LogP contribution in [0.3, 0.4) is 0 Å². The van der Waals surface area contributed by atoms with E-state index in [1.807, 2.05) is 0 Å². The summed E-state index contributed by atoms with van der Waals surface area (Å²) in [6.07, 6.45) is 5.88. The van der Waals surface area contributed by atoms with Crippen molar-refractivity contribution in [2.45, 2.75) is 52.4 Å². The van der Waals surface area contributed by atoms with Gasteiger partial charge in [0.05, 0.1) is 0 Å². The van der Waals surface area contributed by atoms with Crippen LogP contribution in [0.4, 0.5) is 0 Å². The summed E-state index contributed by atoms with van der Waals surface area (Å²) in [5.41, 5.74) is 0. The standard InChI is InChI=1S/C8H16O2.C2H4O2.Na/c1-2-3-4-5-6-7-8(9)10;1-2(3)4;/h2-7H2,1H3,(H,9,10);1H3,(H,3,4);/q;;+1/p-1. The Bertz CT molecular complexity index is 156. The van der Waals surface area contributed by atoms with Crippen LogP contribution in [0.2, 0.25) is 0 Å². The third-order valence-corrected chi connectivity index (χ3v) is 1.49. The Morgan fingerprint density at radius 1 is 1.13 bits per heavy atom. The van der Waals surface area contributed by atoms with E-state index in [-0.39, 0.29) is 29.6 Å². The van der Waals surface area contributed by atoms with E-state index < -0.39 is 11.9 Å². The van der Waals surface area contributed by atoms with Crippen molar-refractivity contribution in [3.8, 4) is 0 Å². The molecule has 0 saturated carbocycles. The van der Waals surface area contributed by atoms with Crippen LogP contribution in [0, 0.1) is 0 Å². The van der Waals surface area contributed by atoms with Crippen molar-refractivity contribution in [3.63, 3.8) is 0 Å². The second-order valence-electron chi connectivity index (χ2n) is 3.05. The third kappa shape index (κ3) is 41.3. The van der Waals surface area contributed by atoms with Gasteiger partial charge in [-0.3, -0.25) is 4.79 Å². The molecule has 0 atom stereocenters. The van der Waals surface area contributed by atoms with Crippen LogP contribution in [-0.4, -0.2) is 17.0 Å². The fourth-order valence-electron chi connectivity index (χ4n) is 0.880. The molecule has 1 N–H and O–H groups in total. The number of aliphatic carboxylic acids is 2. The molecule has 0 rings (SSSR count). The molecule has 0 radical (unpaired) electrons. The third-order valence-electron chi connectivity index (χ3n) is 1.49. The first-order valence-corrected chi connectivity index (χ1v) is 4.90. The second-order valence-corrected chi connectivity index (χ2v) is 3.05. The van der Waals surface area contributed by atoms with E-state index in [0.717, 1.165) is 19.8 Å². The monoisotopic (exact) mass is 226 g/mol. The van der Waals surface area contributed by atoms with Gasteiger partial charge >= 0.3 is 35.5 Å². The maximum atomic E-state index is 10.0. The van der Waals surface area contributed by atoms with Crippen molar-refractivity contribution in [1.82, 2.24) is 0 Å². The SMILES string of the molecule is CC(=O)[O-].CCCCCCCC(=O)O.[Na+]. The van der Waals surface area contributed by atoms with Crippen LogP contribution in [-0.2, 0) is 9.59 Å². The molecule has 0 aromatic carbocycles. The normalized spacial score (nSPS) is 8.13. The molecule has 0 spiro atoms. The van der Waals surface area contributed by atoms with Crippen LogP contribution in [0.15, 0.2) is 0 Å². The van der Waals surface area contributed by atoms with Gasteiger partial charge < -0.3 is 15.0 Å². The van der Waals surface area contributed by atoms with Crippen molar-refractivity contribution in [1.29, 1.82) is 0 Å². The Balaban J connectivity index is -0.000000249. The molecule has 15 heavy (non-hydrogen) atoms. The van der Waals surface area contributed by atoms with Gasteiger partial charge in [-0.25, -0.2) is 0 Å². The Morgan fingerprint density at radius 3 is 1.87 bits per heavy atom.